The van der Waals surface area contributed by atoms with Crippen LogP contribution in [0.5, 0.6) is 0 Å². The van der Waals surface area contributed by atoms with Crippen LogP contribution in [0.3, 0.4) is 0 Å². The number of carbonyl (C=O) groups is 3. The number of hydrogen-bond donors (Lipinski definition) is 6. The predicted octanol–water partition coefficient (Wildman–Crippen LogP) is 5.26. The normalized spacial score (nSPS) is 20.9. The van der Waals surface area contributed by atoms with E-state index in [1.54, 1.807) is 72.8 Å². The van der Waals surface area contributed by atoms with Gasteiger partial charge in [-0.2, -0.15) is 10.1 Å². The fourth-order valence-corrected chi connectivity index (χ4v) is 5.59. The zero-order chi connectivity index (χ0) is 34.8. The van der Waals surface area contributed by atoms with Gasteiger partial charge in [0.05, 0.1) is 38.0 Å². The number of urea groups is 3. The Morgan fingerprint density at radius 3 is 1.53 bits per heavy atom. The molecule has 2 aliphatic carbocycles. The Bertz CT molecular complexity index is 1630. The van der Waals surface area contributed by atoms with Crippen molar-refractivity contribution in [2.24, 2.45) is 5.18 Å². The quantitative estimate of drug-likeness (QED) is 0.149. The van der Waals surface area contributed by atoms with Crippen LogP contribution in [0, 0.1) is 4.91 Å². The number of fused-ring (bicyclic) bond motifs is 4. The summed E-state index contributed by atoms with van der Waals surface area (Å²) in [6.45, 7) is -0.0502. The van der Waals surface area contributed by atoms with Crippen molar-refractivity contribution >= 4 is 35.2 Å². The van der Waals surface area contributed by atoms with Gasteiger partial charge in [-0.3, -0.25) is 9.68 Å². The highest BCUT2D eigenvalue weighted by molar-refractivity contribution is 5.90. The smallest absolute Gasteiger partial charge is 0.383 e. The molecule has 3 aromatic rings. The summed E-state index contributed by atoms with van der Waals surface area (Å²) in [5, 5.41) is 39.4. The first-order valence-electron chi connectivity index (χ1n) is 15.7. The van der Waals surface area contributed by atoms with Crippen molar-refractivity contribution in [2.75, 3.05) is 16.0 Å². The lowest BCUT2D eigenvalue weighted by Gasteiger charge is -2.25. The van der Waals surface area contributed by atoms with Gasteiger partial charge < -0.3 is 31.3 Å². The summed E-state index contributed by atoms with van der Waals surface area (Å²) in [5.41, 5.74) is 4.24. The van der Waals surface area contributed by atoms with E-state index in [0.29, 0.717) is 17.1 Å². The van der Waals surface area contributed by atoms with E-state index in [2.05, 4.69) is 21.1 Å². The van der Waals surface area contributed by atoms with E-state index in [1.807, 2.05) is 12.2 Å². The third kappa shape index (κ3) is 9.46. The van der Waals surface area contributed by atoms with Gasteiger partial charge in [0.25, 0.3) is 0 Å². The van der Waals surface area contributed by atoms with Crippen molar-refractivity contribution in [1.29, 1.82) is 0 Å². The molecule has 4 aliphatic rings. The molecule has 2 saturated heterocycles. The fourth-order valence-electron chi connectivity index (χ4n) is 5.59. The minimum absolute atomic E-state index is 0. The first-order valence-corrected chi connectivity index (χ1v) is 15.7. The van der Waals surface area contributed by atoms with Crippen LogP contribution in [0.1, 0.15) is 43.8 Å². The summed E-state index contributed by atoms with van der Waals surface area (Å²) >= 11 is 0. The van der Waals surface area contributed by atoms with Crippen molar-refractivity contribution in [3.8, 4) is 0 Å². The van der Waals surface area contributed by atoms with Crippen LogP contribution in [0.15, 0.2) is 90.1 Å². The van der Waals surface area contributed by atoms with Crippen LogP contribution in [-0.4, -0.2) is 67.8 Å². The maximum absolute atomic E-state index is 12.0. The van der Waals surface area contributed by atoms with Gasteiger partial charge in [0, 0.05) is 30.1 Å². The second-order valence-corrected chi connectivity index (χ2v) is 11.6. The molecule has 15 nitrogen and oxygen atoms in total. The molecule has 0 spiro atoms. The molecular weight excluding hydrogens is 636 g/mol. The molecule has 2 aliphatic heterocycles. The van der Waals surface area contributed by atoms with Gasteiger partial charge in [-0.1, -0.05) is 48.6 Å². The van der Waals surface area contributed by atoms with Gasteiger partial charge in [-0.25, -0.2) is 14.4 Å². The number of aliphatic hydroxyl groups is 3. The summed E-state index contributed by atoms with van der Waals surface area (Å²) in [7, 11) is 0. The molecule has 15 heteroatoms. The number of benzene rings is 3. The van der Waals surface area contributed by atoms with Crippen LogP contribution in [0.25, 0.3) is 0 Å². The van der Waals surface area contributed by atoms with E-state index >= 15 is 0 Å². The zero-order valence-corrected chi connectivity index (χ0v) is 26.5. The minimum Gasteiger partial charge on any atom is -0.392 e. The summed E-state index contributed by atoms with van der Waals surface area (Å²) in [4.78, 5) is 55.1. The van der Waals surface area contributed by atoms with Crippen LogP contribution < -0.4 is 16.0 Å². The molecule has 4 bridgehead atoms. The van der Waals surface area contributed by atoms with Crippen molar-refractivity contribution in [3.05, 3.63) is 107 Å². The van der Waals surface area contributed by atoms with Crippen LogP contribution >= 0.6 is 0 Å². The Kier molecular flexibility index (Phi) is 12.0. The molecule has 6 amide bonds. The molecule has 7 rings (SSSR count). The number of nitroso groups, excluding NO2 is 1. The average molecular weight is 678 g/mol. The third-order valence-corrected chi connectivity index (χ3v) is 8.17. The maximum atomic E-state index is 12.0. The second kappa shape index (κ2) is 16.8. The SMILES string of the molecule is O=C(Nc1ccc(CO)cc1)N1OC2C=CC1C2.O=C(Nc1ccc(CO)cc1)N1OC2CCC1C2.O=NC(=O)Nc1ccc(CO)cc1.[2HH]. The molecular formula is C34H40N6O9. The van der Waals surface area contributed by atoms with Crippen molar-refractivity contribution in [1.82, 2.24) is 10.1 Å². The van der Waals surface area contributed by atoms with Gasteiger partial charge >= 0.3 is 18.1 Å². The van der Waals surface area contributed by atoms with Crippen molar-refractivity contribution < 1.29 is 40.8 Å². The van der Waals surface area contributed by atoms with Crippen LogP contribution in [0.4, 0.5) is 31.4 Å². The topological polar surface area (TPSA) is 202 Å². The Balaban J connectivity index is 0.000000170. The lowest BCUT2D eigenvalue weighted by molar-refractivity contribution is -0.140. The van der Waals surface area contributed by atoms with Gasteiger partial charge in [-0.15, -0.1) is 4.91 Å². The molecule has 3 fully saturated rings. The number of carbonyl (C=O) groups excluding carboxylic acids is 3. The molecule has 1 saturated carbocycles. The molecule has 3 aromatic carbocycles. The van der Waals surface area contributed by atoms with Gasteiger partial charge in [-0.05, 0) is 72.4 Å². The minimum atomic E-state index is -0.934. The van der Waals surface area contributed by atoms with Crippen LogP contribution in [-0.2, 0) is 29.5 Å². The lowest BCUT2D eigenvalue weighted by atomic mass is 10.2. The van der Waals surface area contributed by atoms with Gasteiger partial charge in [0.15, 0.2) is 0 Å². The Morgan fingerprint density at radius 1 is 0.673 bits per heavy atom. The predicted molar refractivity (Wildman–Crippen MR) is 181 cm³/mol. The number of hydroxylamine groups is 4. The molecule has 0 aromatic heterocycles. The first kappa shape index (κ1) is 35.1. The second-order valence-electron chi connectivity index (χ2n) is 11.6. The third-order valence-electron chi connectivity index (χ3n) is 8.17. The van der Waals surface area contributed by atoms with E-state index in [4.69, 9.17) is 25.0 Å². The van der Waals surface area contributed by atoms with E-state index in [9.17, 15) is 19.3 Å². The Labute approximate surface area is 283 Å². The fraction of sp³-hybridized carbons (Fsp3) is 0.324. The number of hydrogen-bond acceptors (Lipinski definition) is 9. The number of nitrogens with one attached hydrogen (secondary N) is 3. The standard InChI is InChI=1S/C13H16N2O3.C13H14N2O3.C8H8N2O3.H2/c2*16-8-9-1-3-10(4-2-9)14-13(17)15-11-5-6-12(7-11)18-15;11-5-6-1-3-7(4-2-6)9-8(12)10-13;/h1-4,11-12,16H,5-8H2,(H,14,17);1-6,11-12,16H,7-8H2,(H,14,17);1-4,11H,5H2,(H,9,12);1H/i;;;1+1. The van der Waals surface area contributed by atoms with E-state index < -0.39 is 6.03 Å². The van der Waals surface area contributed by atoms with Crippen molar-refractivity contribution in [2.45, 2.75) is 69.8 Å². The van der Waals surface area contributed by atoms with E-state index in [0.717, 1.165) is 42.4 Å². The summed E-state index contributed by atoms with van der Waals surface area (Å²) in [5.74, 6) is 0. The highest BCUT2D eigenvalue weighted by Gasteiger charge is 2.42. The largest absolute Gasteiger partial charge is 0.392 e. The van der Waals surface area contributed by atoms with E-state index in [1.165, 1.54) is 10.1 Å². The highest BCUT2D eigenvalue weighted by atomic mass is 16.7. The maximum Gasteiger partial charge on any atom is 0.383 e. The van der Waals surface area contributed by atoms with E-state index in [-0.39, 0.29) is 57.6 Å². The molecule has 260 valence electrons. The van der Waals surface area contributed by atoms with Gasteiger partial charge in [0.2, 0.25) is 0 Å². The molecule has 49 heavy (non-hydrogen) atoms. The molecule has 2 heterocycles. The zero-order valence-electron chi connectivity index (χ0n) is 26.5. The van der Waals surface area contributed by atoms with Crippen LogP contribution in [0.2, 0.25) is 0 Å². The highest BCUT2D eigenvalue weighted by Crippen LogP contribution is 2.35. The lowest BCUT2D eigenvalue weighted by Crippen LogP contribution is -2.39. The average Bonchev–Trinajstić information content (AvgIpc) is 3.97. The summed E-state index contributed by atoms with van der Waals surface area (Å²) in [6.07, 6.45) is 8.11. The number of amides is 6. The molecule has 4 atom stereocenters. The Morgan fingerprint density at radius 2 is 1.16 bits per heavy atom. The Hall–Kier alpha value is -5.19. The number of aliphatic hydroxyl groups excluding tert-OH is 3. The van der Waals surface area contributed by atoms with Gasteiger partial charge in [0.1, 0.15) is 6.10 Å². The number of nitrogens with zero attached hydrogens (tertiary/aromatic N) is 3. The monoisotopic (exact) mass is 677 g/mol. The summed E-state index contributed by atoms with van der Waals surface area (Å²) < 4.78 is 0. The molecule has 4 unspecified atom stereocenters. The number of anilines is 3. The summed E-state index contributed by atoms with van der Waals surface area (Å²) in [6, 6.07) is 19.5. The molecule has 6 N–H and O–H groups in total. The molecule has 0 radical (unpaired) electrons. The van der Waals surface area contributed by atoms with Crippen molar-refractivity contribution in [3.63, 3.8) is 0 Å². The number of rotatable bonds is 6. The first-order chi connectivity index (χ1) is 23.8.